The second-order valence-corrected chi connectivity index (χ2v) is 15.7. The smallest absolute Gasteiger partial charge is 0.405 e. The summed E-state index contributed by atoms with van der Waals surface area (Å²) in [4.78, 5) is 144. The number of hydrogen-bond donors (Lipinski definition) is 0. The highest BCUT2D eigenvalue weighted by atomic mass is 16.6. The molecule has 0 aliphatic carbocycles. The van der Waals surface area contributed by atoms with Gasteiger partial charge in [0.15, 0.2) is 5.78 Å². The first-order valence-corrected chi connectivity index (χ1v) is 19.7. The van der Waals surface area contributed by atoms with Gasteiger partial charge in [0.05, 0.1) is 44.9 Å². The first kappa shape index (κ1) is 51.8. The number of likely N-dealkylation sites (tertiary alicyclic amines) is 1. The van der Waals surface area contributed by atoms with Gasteiger partial charge in [-0.15, -0.1) is 0 Å². The van der Waals surface area contributed by atoms with E-state index in [-0.39, 0.29) is 77.9 Å². The highest BCUT2D eigenvalue weighted by Crippen LogP contribution is 2.48. The molecule has 0 aromatic heterocycles. The predicted molar refractivity (Wildman–Crippen MR) is 220 cm³/mol. The number of nitro benzene ring substituents is 2. The summed E-state index contributed by atoms with van der Waals surface area (Å²) < 4.78 is 19.2. The number of ketones is 1. The fraction of sp³-hybridized carbons (Fsp3) is 0.442. The van der Waals surface area contributed by atoms with Crippen LogP contribution < -0.4 is 0 Å². The molecule has 0 saturated carbocycles. The van der Waals surface area contributed by atoms with Crippen molar-refractivity contribution in [2.45, 2.75) is 74.9 Å². The van der Waals surface area contributed by atoms with E-state index in [1.807, 2.05) is 20.8 Å². The summed E-state index contributed by atoms with van der Waals surface area (Å²) >= 11 is 0. The number of fused-ring (bicyclic) bond motifs is 1. The first-order chi connectivity index (χ1) is 29.9. The fourth-order valence-electron chi connectivity index (χ4n) is 7.58. The van der Waals surface area contributed by atoms with Crippen LogP contribution in [0, 0.1) is 55.7 Å². The Bertz CT molecular complexity index is 2340. The molecule has 6 atom stereocenters. The van der Waals surface area contributed by atoms with Crippen LogP contribution in [-0.2, 0) is 57.3 Å². The van der Waals surface area contributed by atoms with Crippen molar-refractivity contribution in [1.29, 1.82) is 0 Å². The van der Waals surface area contributed by atoms with Gasteiger partial charge in [-0.3, -0.25) is 53.9 Å². The molecule has 65 heavy (non-hydrogen) atoms. The van der Waals surface area contributed by atoms with Crippen LogP contribution in [-0.4, -0.2) is 104 Å². The number of nitrogens with zero attached hydrogens (tertiary/aromatic N) is 4. The van der Waals surface area contributed by atoms with E-state index in [2.05, 4.69) is 9.47 Å². The molecule has 3 amide bonds. The summed E-state index contributed by atoms with van der Waals surface area (Å²) in [6.45, 7) is 12.1. The molecule has 0 radical (unpaired) electrons. The van der Waals surface area contributed by atoms with Crippen molar-refractivity contribution >= 4 is 70.7 Å². The van der Waals surface area contributed by atoms with Crippen molar-refractivity contribution < 1.29 is 76.7 Å². The van der Waals surface area contributed by atoms with E-state index in [0.717, 1.165) is 43.3 Å². The molecule has 22 nitrogen and oxygen atoms in total. The lowest BCUT2D eigenvalue weighted by atomic mass is 9.72. The minimum absolute atomic E-state index is 0. The lowest BCUT2D eigenvalue weighted by molar-refractivity contribution is -0.385. The average molecular weight is 909 g/mol. The molecule has 2 aromatic carbocycles. The lowest BCUT2D eigenvalue weighted by Gasteiger charge is -2.49. The number of carbonyl (C=O) groups is 10. The van der Waals surface area contributed by atoms with Gasteiger partial charge >= 0.3 is 41.7 Å². The number of benzene rings is 2. The molecule has 4 unspecified atom stereocenters. The Hall–Kier alpha value is -7.52. The van der Waals surface area contributed by atoms with Crippen LogP contribution in [0.2, 0.25) is 0 Å². The number of imide groups is 1. The summed E-state index contributed by atoms with van der Waals surface area (Å²) in [5.41, 5.74) is -0.464. The number of rotatable bonds is 13. The Labute approximate surface area is 371 Å². The summed E-state index contributed by atoms with van der Waals surface area (Å²) in [6.07, 6.45) is 0. The zero-order valence-electron chi connectivity index (χ0n) is 35.8. The highest BCUT2D eigenvalue weighted by molar-refractivity contribution is 6.38. The number of amides is 3. The van der Waals surface area contributed by atoms with E-state index in [1.165, 1.54) is 30.9 Å². The Balaban J connectivity index is 0.000000341. The van der Waals surface area contributed by atoms with Crippen LogP contribution in [0.25, 0.3) is 0 Å². The van der Waals surface area contributed by atoms with Gasteiger partial charge in [-0.1, -0.05) is 49.0 Å². The molecule has 3 aliphatic rings. The highest BCUT2D eigenvalue weighted by Gasteiger charge is 2.60. The van der Waals surface area contributed by atoms with E-state index in [4.69, 9.17) is 9.47 Å². The van der Waals surface area contributed by atoms with Crippen molar-refractivity contribution in [2.75, 3.05) is 13.2 Å². The van der Waals surface area contributed by atoms with E-state index >= 15 is 0 Å². The molecule has 2 fully saturated rings. The second kappa shape index (κ2) is 21.2. The predicted octanol–water partition coefficient (Wildman–Crippen LogP) is 3.92. The Morgan fingerprint density at radius 1 is 0.677 bits per heavy atom. The number of carbonyl (C=O) groups excluding carboxylic acids is 10. The minimum Gasteiger partial charge on any atom is -0.461 e. The molecular formula is C43H48N4O18. The summed E-state index contributed by atoms with van der Waals surface area (Å²) in [5, 5.41) is 21.4. The topological polar surface area (TPSA) is 300 Å². The molecule has 3 aliphatic heterocycles. The lowest BCUT2D eigenvalue weighted by Crippen LogP contribution is -2.69. The SMILES string of the molecule is C.CC(=O)OCC(=O)[C@H](C)C1C(C(C)C)C(=O)N1C(=O)C(=O)OC(=O)c1ccc([N+](=O)[O-])cc1.CC(=O)OCC1=C(C(=O)OC(=O)c2ccc([N+](=O)[O-])cc2)N2C(=O)C(C(C)C)C2[C@H]1C. The van der Waals surface area contributed by atoms with E-state index in [1.54, 1.807) is 13.8 Å². The van der Waals surface area contributed by atoms with Crippen LogP contribution in [0.15, 0.2) is 59.8 Å². The van der Waals surface area contributed by atoms with Gasteiger partial charge in [0.2, 0.25) is 11.8 Å². The van der Waals surface area contributed by atoms with Crippen LogP contribution in [0.3, 0.4) is 0 Å². The number of Topliss-reactive ketones (excluding diaryl/α,β-unsaturated/α-hetero) is 1. The normalized spacial score (nSPS) is 19.8. The number of β-lactam (4-membered cyclic amide) rings is 2. The van der Waals surface area contributed by atoms with Crippen LogP contribution in [0.4, 0.5) is 11.4 Å². The van der Waals surface area contributed by atoms with Gasteiger partial charge < -0.3 is 23.8 Å². The third kappa shape index (κ3) is 11.2. The van der Waals surface area contributed by atoms with Gasteiger partial charge in [-0.25, -0.2) is 19.2 Å². The maximum atomic E-state index is 12.9. The average Bonchev–Trinajstić information content (AvgIpc) is 3.47. The monoisotopic (exact) mass is 908 g/mol. The molecule has 0 N–H and O–H groups in total. The number of hydrogen-bond acceptors (Lipinski definition) is 18. The van der Waals surface area contributed by atoms with Gasteiger partial charge in [-0.05, 0) is 36.1 Å². The maximum absolute atomic E-state index is 12.9. The van der Waals surface area contributed by atoms with Crippen molar-refractivity contribution in [2.24, 2.45) is 35.5 Å². The van der Waals surface area contributed by atoms with Crippen LogP contribution in [0.1, 0.15) is 83.5 Å². The van der Waals surface area contributed by atoms with E-state index in [0.29, 0.717) is 10.5 Å². The second-order valence-electron chi connectivity index (χ2n) is 15.7. The molecular weight excluding hydrogens is 860 g/mol. The zero-order valence-corrected chi connectivity index (χ0v) is 35.8. The van der Waals surface area contributed by atoms with Gasteiger partial charge in [0.25, 0.3) is 11.4 Å². The third-order valence-corrected chi connectivity index (χ3v) is 10.9. The quantitative estimate of drug-likeness (QED) is 0.0523. The third-order valence-electron chi connectivity index (χ3n) is 10.9. The Kier molecular flexibility index (Phi) is 16.9. The van der Waals surface area contributed by atoms with Gasteiger partial charge in [0, 0.05) is 55.5 Å². The minimum atomic E-state index is -1.64. The van der Waals surface area contributed by atoms with Crippen LogP contribution in [0.5, 0.6) is 0 Å². The molecule has 5 rings (SSSR count). The molecule has 2 saturated heterocycles. The largest absolute Gasteiger partial charge is 0.461 e. The first-order valence-electron chi connectivity index (χ1n) is 19.7. The van der Waals surface area contributed by atoms with Crippen molar-refractivity contribution in [3.63, 3.8) is 0 Å². The number of nitro groups is 2. The van der Waals surface area contributed by atoms with Crippen molar-refractivity contribution in [3.8, 4) is 0 Å². The number of non-ortho nitro benzene ring substituents is 2. The Morgan fingerprint density at radius 2 is 1.14 bits per heavy atom. The summed E-state index contributed by atoms with van der Waals surface area (Å²) in [7, 11) is 0. The van der Waals surface area contributed by atoms with E-state index < -0.39 is 87.7 Å². The molecule has 2 aromatic rings. The van der Waals surface area contributed by atoms with E-state index in [9.17, 15) is 68.2 Å². The number of ether oxygens (including phenoxy) is 4. The van der Waals surface area contributed by atoms with Crippen molar-refractivity contribution in [3.05, 3.63) is 91.2 Å². The van der Waals surface area contributed by atoms with Crippen molar-refractivity contribution in [1.82, 2.24) is 9.80 Å². The van der Waals surface area contributed by atoms with Gasteiger partial charge in [0.1, 0.15) is 18.9 Å². The molecule has 0 spiro atoms. The van der Waals surface area contributed by atoms with Crippen LogP contribution >= 0.6 is 0 Å². The molecule has 22 heteroatoms. The summed E-state index contributed by atoms with van der Waals surface area (Å²) in [6, 6.07) is 7.42. The fourth-order valence-corrected chi connectivity index (χ4v) is 7.58. The Morgan fingerprint density at radius 3 is 1.57 bits per heavy atom. The molecule has 348 valence electrons. The maximum Gasteiger partial charge on any atom is 0.405 e. The molecule has 3 heterocycles. The molecule has 0 bridgehead atoms. The number of esters is 6. The standard InChI is InChI=1S/C21H22N2O10.C21H22N2O8.CH4/c1-10(2)16-17(11(3)15(25)9-32-12(4)24)22(18(16)26)19(27)21(29)33-20(28)13-5-7-14(8-6-13)23(30)31;1-10(2)16-17-11(3)15(9-30-12(4)24)18(22(17)19(16)25)21(27)31-20(26)13-5-7-14(8-6-13)23(28)29;/h5-8,10-11,16-17H,9H2,1-4H3;5-8,10-11,16-17H,9H2,1-4H3;1H4/t2*11-,16?,17?;/m00./s1. The zero-order chi connectivity index (χ0) is 48.1. The summed E-state index contributed by atoms with van der Waals surface area (Å²) in [5.74, 6) is -11.6. The van der Waals surface area contributed by atoms with Gasteiger partial charge in [-0.2, -0.15) is 0 Å².